The van der Waals surface area contributed by atoms with E-state index in [1.165, 1.54) is 28.6 Å². The quantitative estimate of drug-likeness (QED) is 0.572. The van der Waals surface area contributed by atoms with Crippen molar-refractivity contribution in [2.45, 2.75) is 56.0 Å². The van der Waals surface area contributed by atoms with Crippen LogP contribution >= 0.6 is 23.1 Å². The molecule has 0 radical (unpaired) electrons. The zero-order valence-corrected chi connectivity index (χ0v) is 16.7. The minimum absolute atomic E-state index is 0.0794. The molecule has 0 saturated heterocycles. The largest absolute Gasteiger partial charge is 0.309 e. The molecule has 0 fully saturated rings. The summed E-state index contributed by atoms with van der Waals surface area (Å²) in [6.45, 7) is 3.42. The average molecular weight is 377 g/mol. The predicted octanol–water partition coefficient (Wildman–Crippen LogP) is 3.29. The first-order valence-corrected chi connectivity index (χ1v) is 10.5. The number of thioether (sulfide) groups is 1. The van der Waals surface area contributed by atoms with Crippen molar-refractivity contribution in [2.24, 2.45) is 0 Å². The van der Waals surface area contributed by atoms with E-state index in [-0.39, 0.29) is 10.8 Å². The van der Waals surface area contributed by atoms with Gasteiger partial charge < -0.3 is 4.90 Å². The van der Waals surface area contributed by atoms with Gasteiger partial charge in [-0.1, -0.05) is 11.8 Å². The minimum atomic E-state index is -0.223. The topological polar surface area (TPSA) is 61.9 Å². The lowest BCUT2D eigenvalue weighted by molar-refractivity contribution is 0.379. The van der Waals surface area contributed by atoms with Gasteiger partial charge in [0.05, 0.1) is 16.7 Å². The lowest BCUT2D eigenvalue weighted by Gasteiger charge is -2.15. The van der Waals surface area contributed by atoms with Gasteiger partial charge in [0.2, 0.25) is 0 Å². The van der Waals surface area contributed by atoms with Crippen molar-refractivity contribution in [1.29, 1.82) is 5.26 Å². The molecule has 2 aromatic heterocycles. The van der Waals surface area contributed by atoms with E-state index in [0.717, 1.165) is 42.4 Å². The molecule has 2 heterocycles. The third kappa shape index (κ3) is 3.91. The number of aromatic nitrogens is 2. The summed E-state index contributed by atoms with van der Waals surface area (Å²) in [5.41, 5.74) is 1.31. The Balaban J connectivity index is 2.07. The molecule has 2 aromatic rings. The van der Waals surface area contributed by atoms with Crippen LogP contribution in [0, 0.1) is 11.3 Å². The van der Waals surface area contributed by atoms with Gasteiger partial charge in [0.1, 0.15) is 4.83 Å². The molecule has 0 saturated carbocycles. The molecule has 0 bridgehead atoms. The van der Waals surface area contributed by atoms with E-state index in [1.807, 2.05) is 21.0 Å². The number of fused-ring (bicyclic) bond motifs is 3. The summed E-state index contributed by atoms with van der Waals surface area (Å²) in [5, 5.41) is 10.5. The van der Waals surface area contributed by atoms with Gasteiger partial charge in [-0.2, -0.15) is 5.26 Å². The Hall–Kier alpha value is -1.36. The standard InChI is InChI=1S/C18H24N4OS2/c1-12(11-19)24-18-20-16-15(13-7-4-5-8-14(13)25-16)17(23)22(18)10-6-9-21(2)3/h12H,4-10H2,1-3H3/t12-/m1/s1. The SMILES string of the molecule is C[C@H](C#N)Sc1nc2sc3c(c2c(=O)n1CCCN(C)C)CCCC3. The monoisotopic (exact) mass is 376 g/mol. The smallest absolute Gasteiger partial charge is 0.263 e. The first kappa shape index (κ1) is 18.4. The maximum absolute atomic E-state index is 13.2. The molecule has 7 heteroatoms. The van der Waals surface area contributed by atoms with Crippen LogP contribution in [0.4, 0.5) is 0 Å². The van der Waals surface area contributed by atoms with Crippen LogP contribution < -0.4 is 5.56 Å². The molecule has 134 valence electrons. The van der Waals surface area contributed by atoms with Crippen LogP contribution in [0.2, 0.25) is 0 Å². The van der Waals surface area contributed by atoms with Crippen LogP contribution in [-0.2, 0) is 19.4 Å². The third-order valence-electron chi connectivity index (χ3n) is 4.49. The fourth-order valence-corrected chi connectivity index (χ4v) is 5.36. The third-order valence-corrected chi connectivity index (χ3v) is 6.66. The zero-order valence-electron chi connectivity index (χ0n) is 15.0. The summed E-state index contributed by atoms with van der Waals surface area (Å²) in [6, 6.07) is 2.23. The Morgan fingerprint density at radius 2 is 2.16 bits per heavy atom. The van der Waals surface area contributed by atoms with Crippen molar-refractivity contribution in [3.63, 3.8) is 0 Å². The fourth-order valence-electron chi connectivity index (χ4n) is 3.24. The van der Waals surface area contributed by atoms with Crippen molar-refractivity contribution in [1.82, 2.24) is 14.5 Å². The molecular weight excluding hydrogens is 352 g/mol. The highest BCUT2D eigenvalue weighted by Gasteiger charge is 2.22. The van der Waals surface area contributed by atoms with Crippen molar-refractivity contribution in [3.8, 4) is 6.07 Å². The fraction of sp³-hybridized carbons (Fsp3) is 0.611. The number of nitriles is 1. The Labute approximate surface area is 156 Å². The minimum Gasteiger partial charge on any atom is -0.309 e. The molecule has 1 aliphatic rings. The van der Waals surface area contributed by atoms with Gasteiger partial charge in [0, 0.05) is 11.4 Å². The molecule has 0 unspecified atom stereocenters. The molecule has 0 N–H and O–H groups in total. The van der Waals surface area contributed by atoms with E-state index < -0.39 is 0 Å². The highest BCUT2D eigenvalue weighted by molar-refractivity contribution is 8.00. The van der Waals surface area contributed by atoms with E-state index in [4.69, 9.17) is 10.2 Å². The first-order valence-electron chi connectivity index (χ1n) is 8.77. The lowest BCUT2D eigenvalue weighted by atomic mass is 9.97. The van der Waals surface area contributed by atoms with Crippen molar-refractivity contribution < 1.29 is 0 Å². The Morgan fingerprint density at radius 3 is 2.88 bits per heavy atom. The number of aryl methyl sites for hydroxylation is 2. The Morgan fingerprint density at radius 1 is 1.40 bits per heavy atom. The zero-order chi connectivity index (χ0) is 18.0. The second kappa shape index (κ2) is 7.90. The van der Waals surface area contributed by atoms with E-state index in [0.29, 0.717) is 11.7 Å². The summed E-state index contributed by atoms with van der Waals surface area (Å²) >= 11 is 3.06. The van der Waals surface area contributed by atoms with Crippen LogP contribution in [-0.4, -0.2) is 40.3 Å². The van der Waals surface area contributed by atoms with Crippen molar-refractivity contribution in [2.75, 3.05) is 20.6 Å². The molecule has 3 rings (SSSR count). The van der Waals surface area contributed by atoms with Gasteiger partial charge in [0.25, 0.3) is 5.56 Å². The van der Waals surface area contributed by atoms with Crippen LogP contribution in [0.25, 0.3) is 10.2 Å². The molecular formula is C18H24N4OS2. The first-order chi connectivity index (χ1) is 12.0. The van der Waals surface area contributed by atoms with Gasteiger partial charge in [-0.15, -0.1) is 11.3 Å². The molecule has 5 nitrogen and oxygen atoms in total. The van der Waals surface area contributed by atoms with Crippen LogP contribution in [0.3, 0.4) is 0 Å². The van der Waals surface area contributed by atoms with Crippen molar-refractivity contribution >= 4 is 33.3 Å². The second-order valence-electron chi connectivity index (χ2n) is 6.79. The molecule has 1 aliphatic carbocycles. The predicted molar refractivity (Wildman–Crippen MR) is 105 cm³/mol. The van der Waals surface area contributed by atoms with Crippen LogP contribution in [0.15, 0.2) is 9.95 Å². The van der Waals surface area contributed by atoms with Gasteiger partial charge in [-0.05, 0) is 65.2 Å². The highest BCUT2D eigenvalue weighted by atomic mass is 32.2. The van der Waals surface area contributed by atoms with Gasteiger partial charge >= 0.3 is 0 Å². The summed E-state index contributed by atoms with van der Waals surface area (Å²) < 4.78 is 1.80. The van der Waals surface area contributed by atoms with Gasteiger partial charge in [-0.25, -0.2) is 4.98 Å². The normalized spacial score (nSPS) is 15.3. The molecule has 1 atom stereocenters. The number of thiophene rings is 1. The van der Waals surface area contributed by atoms with Gasteiger partial charge in [0.15, 0.2) is 5.16 Å². The molecule has 0 spiro atoms. The number of rotatable bonds is 6. The van der Waals surface area contributed by atoms with E-state index in [9.17, 15) is 4.79 Å². The van der Waals surface area contributed by atoms with Crippen LogP contribution in [0.1, 0.15) is 36.6 Å². The van der Waals surface area contributed by atoms with Gasteiger partial charge in [-0.3, -0.25) is 9.36 Å². The number of hydrogen-bond donors (Lipinski definition) is 0. The van der Waals surface area contributed by atoms with E-state index in [1.54, 1.807) is 15.9 Å². The van der Waals surface area contributed by atoms with Crippen LogP contribution in [0.5, 0.6) is 0 Å². The lowest BCUT2D eigenvalue weighted by Crippen LogP contribution is -2.26. The molecule has 25 heavy (non-hydrogen) atoms. The highest BCUT2D eigenvalue weighted by Crippen LogP contribution is 2.35. The molecule has 0 aromatic carbocycles. The summed E-state index contributed by atoms with van der Waals surface area (Å²) in [7, 11) is 4.07. The molecule has 0 aliphatic heterocycles. The second-order valence-corrected chi connectivity index (χ2v) is 9.18. The maximum Gasteiger partial charge on any atom is 0.263 e. The summed E-state index contributed by atoms with van der Waals surface area (Å²) in [4.78, 5) is 22.4. The Bertz CT molecular complexity index is 863. The van der Waals surface area contributed by atoms with E-state index in [2.05, 4.69) is 11.0 Å². The summed E-state index contributed by atoms with van der Waals surface area (Å²) in [6.07, 6.45) is 5.30. The van der Waals surface area contributed by atoms with Crippen molar-refractivity contribution in [3.05, 3.63) is 20.8 Å². The Kier molecular flexibility index (Phi) is 5.82. The summed E-state index contributed by atoms with van der Waals surface area (Å²) in [5.74, 6) is 0. The maximum atomic E-state index is 13.2. The van der Waals surface area contributed by atoms with E-state index >= 15 is 0 Å². The molecule has 0 amide bonds. The number of hydrogen-bond acceptors (Lipinski definition) is 6. The average Bonchev–Trinajstić information content (AvgIpc) is 2.95. The number of nitrogens with zero attached hydrogens (tertiary/aromatic N) is 4.